The molecule has 0 saturated heterocycles. The van der Waals surface area contributed by atoms with Crippen LogP contribution in [-0.2, 0) is 16.4 Å². The molecule has 1 aliphatic rings. The van der Waals surface area contributed by atoms with Gasteiger partial charge in [-0.25, -0.2) is 13.4 Å². The predicted molar refractivity (Wildman–Crippen MR) is 86.9 cm³/mol. The molecular formula is C15H16N4O3S. The molecule has 2 aromatic rings. The van der Waals surface area contributed by atoms with Gasteiger partial charge in [0.15, 0.2) is 0 Å². The Balaban J connectivity index is 1.90. The number of benzene rings is 1. The standard InChI is InChI=1S/C15H16N4O3S/c1-23(21,22)19-8-2-3-11-4-5-12(9-14(11)19)18-15(20)13-10-16-6-7-17-13/h4-7,9-10H,2-3,8H2,1H3,(H,18,20). The van der Waals surface area contributed by atoms with Crippen LogP contribution in [0.25, 0.3) is 0 Å². The summed E-state index contributed by atoms with van der Waals surface area (Å²) in [4.78, 5) is 19.9. The Morgan fingerprint density at radius 2 is 2.13 bits per heavy atom. The Morgan fingerprint density at radius 1 is 1.30 bits per heavy atom. The Morgan fingerprint density at radius 3 is 2.83 bits per heavy atom. The number of nitrogens with one attached hydrogen (secondary N) is 1. The summed E-state index contributed by atoms with van der Waals surface area (Å²) in [5.41, 5.74) is 2.30. The van der Waals surface area contributed by atoms with E-state index in [0.29, 0.717) is 17.9 Å². The van der Waals surface area contributed by atoms with Crippen molar-refractivity contribution in [3.63, 3.8) is 0 Å². The molecule has 1 N–H and O–H groups in total. The number of sulfonamides is 1. The topological polar surface area (TPSA) is 92.3 Å². The van der Waals surface area contributed by atoms with Crippen LogP contribution in [-0.4, -0.2) is 37.1 Å². The minimum absolute atomic E-state index is 0.199. The lowest BCUT2D eigenvalue weighted by Gasteiger charge is -2.29. The number of anilines is 2. The van der Waals surface area contributed by atoms with Crippen LogP contribution < -0.4 is 9.62 Å². The van der Waals surface area contributed by atoms with Gasteiger partial charge in [-0.15, -0.1) is 0 Å². The van der Waals surface area contributed by atoms with Crippen molar-refractivity contribution in [3.05, 3.63) is 48.0 Å². The summed E-state index contributed by atoms with van der Waals surface area (Å²) >= 11 is 0. The molecular weight excluding hydrogens is 316 g/mol. The van der Waals surface area contributed by atoms with E-state index >= 15 is 0 Å². The number of carbonyl (C=O) groups excluding carboxylic acids is 1. The molecule has 120 valence electrons. The van der Waals surface area contributed by atoms with E-state index in [1.807, 2.05) is 6.07 Å². The van der Waals surface area contributed by atoms with Gasteiger partial charge in [-0.3, -0.25) is 14.1 Å². The number of aryl methyl sites for hydroxylation is 1. The lowest BCUT2D eigenvalue weighted by molar-refractivity contribution is 0.102. The van der Waals surface area contributed by atoms with Gasteiger partial charge in [-0.05, 0) is 30.5 Å². The van der Waals surface area contributed by atoms with E-state index in [-0.39, 0.29) is 11.6 Å². The van der Waals surface area contributed by atoms with Crippen LogP contribution in [0.4, 0.5) is 11.4 Å². The van der Waals surface area contributed by atoms with Crippen molar-refractivity contribution in [2.75, 3.05) is 22.4 Å². The third kappa shape index (κ3) is 3.31. The molecule has 0 atom stereocenters. The van der Waals surface area contributed by atoms with Crippen LogP contribution in [0.5, 0.6) is 0 Å². The van der Waals surface area contributed by atoms with E-state index in [1.165, 1.54) is 29.2 Å². The van der Waals surface area contributed by atoms with Gasteiger partial charge in [-0.1, -0.05) is 6.07 Å². The molecule has 1 aromatic heterocycles. The van der Waals surface area contributed by atoms with Crippen molar-refractivity contribution in [2.24, 2.45) is 0 Å². The summed E-state index contributed by atoms with van der Waals surface area (Å²) in [7, 11) is -3.34. The third-order valence-electron chi connectivity index (χ3n) is 3.62. The molecule has 7 nitrogen and oxygen atoms in total. The Labute approximate surface area is 134 Å². The summed E-state index contributed by atoms with van der Waals surface area (Å²) in [5, 5.41) is 2.72. The zero-order valence-electron chi connectivity index (χ0n) is 12.6. The van der Waals surface area contributed by atoms with E-state index in [0.717, 1.165) is 18.4 Å². The van der Waals surface area contributed by atoms with Crippen molar-refractivity contribution in [1.29, 1.82) is 0 Å². The van der Waals surface area contributed by atoms with Crippen LogP contribution in [0.3, 0.4) is 0 Å². The highest BCUT2D eigenvalue weighted by molar-refractivity contribution is 7.92. The molecule has 0 unspecified atom stereocenters. The van der Waals surface area contributed by atoms with Gasteiger partial charge >= 0.3 is 0 Å². The van der Waals surface area contributed by atoms with Gasteiger partial charge in [0.05, 0.1) is 18.1 Å². The van der Waals surface area contributed by atoms with Crippen LogP contribution in [0.1, 0.15) is 22.5 Å². The number of aromatic nitrogens is 2. The smallest absolute Gasteiger partial charge is 0.275 e. The molecule has 8 heteroatoms. The molecule has 0 aliphatic carbocycles. The molecule has 0 spiro atoms. The van der Waals surface area contributed by atoms with Gasteiger partial charge in [0.1, 0.15) is 5.69 Å². The average Bonchev–Trinajstić information content (AvgIpc) is 2.54. The predicted octanol–water partition coefficient (Wildman–Crippen LogP) is 1.44. The number of carbonyl (C=O) groups is 1. The van der Waals surface area contributed by atoms with Gasteiger partial charge in [-0.2, -0.15) is 0 Å². The Kier molecular flexibility index (Phi) is 3.99. The molecule has 0 bridgehead atoms. The second-order valence-corrected chi connectivity index (χ2v) is 7.23. The van der Waals surface area contributed by atoms with Crippen molar-refractivity contribution < 1.29 is 13.2 Å². The van der Waals surface area contributed by atoms with Crippen LogP contribution in [0.15, 0.2) is 36.8 Å². The van der Waals surface area contributed by atoms with Crippen molar-refractivity contribution in [1.82, 2.24) is 9.97 Å². The van der Waals surface area contributed by atoms with E-state index in [1.54, 1.807) is 12.1 Å². The highest BCUT2D eigenvalue weighted by Gasteiger charge is 2.24. The maximum absolute atomic E-state index is 12.1. The van der Waals surface area contributed by atoms with Gasteiger partial charge < -0.3 is 5.32 Å². The highest BCUT2D eigenvalue weighted by atomic mass is 32.2. The SMILES string of the molecule is CS(=O)(=O)N1CCCc2ccc(NC(=O)c3cnccn3)cc21. The first-order valence-corrected chi connectivity index (χ1v) is 8.98. The molecule has 1 aliphatic heterocycles. The second-order valence-electron chi connectivity index (χ2n) is 5.33. The monoisotopic (exact) mass is 332 g/mol. The fourth-order valence-electron chi connectivity index (χ4n) is 2.57. The Bertz CT molecular complexity index is 837. The third-order valence-corrected chi connectivity index (χ3v) is 4.80. The van der Waals surface area contributed by atoms with Crippen LogP contribution in [0, 0.1) is 0 Å². The van der Waals surface area contributed by atoms with Crippen LogP contribution >= 0.6 is 0 Å². The average molecular weight is 332 g/mol. The number of hydrogen-bond donors (Lipinski definition) is 1. The molecule has 3 rings (SSSR count). The fourth-order valence-corrected chi connectivity index (χ4v) is 3.56. The highest BCUT2D eigenvalue weighted by Crippen LogP contribution is 2.31. The molecule has 1 amide bonds. The van der Waals surface area contributed by atoms with E-state index < -0.39 is 10.0 Å². The molecule has 0 fully saturated rings. The van der Waals surface area contributed by atoms with Crippen molar-refractivity contribution >= 4 is 27.3 Å². The van der Waals surface area contributed by atoms with Crippen LogP contribution in [0.2, 0.25) is 0 Å². The molecule has 0 radical (unpaired) electrons. The summed E-state index contributed by atoms with van der Waals surface area (Å²) < 4.78 is 25.2. The number of rotatable bonds is 3. The first-order chi connectivity index (χ1) is 10.9. The Hall–Kier alpha value is -2.48. The lowest BCUT2D eigenvalue weighted by atomic mass is 10.0. The first-order valence-electron chi connectivity index (χ1n) is 7.13. The zero-order valence-corrected chi connectivity index (χ0v) is 13.4. The van der Waals surface area contributed by atoms with Gasteiger partial charge in [0.2, 0.25) is 10.0 Å². The molecule has 1 aromatic carbocycles. The summed E-state index contributed by atoms with van der Waals surface area (Å²) in [6.07, 6.45) is 7.08. The quantitative estimate of drug-likeness (QED) is 0.918. The summed E-state index contributed by atoms with van der Waals surface area (Å²) in [5.74, 6) is -0.389. The van der Waals surface area contributed by atoms with Crippen molar-refractivity contribution in [2.45, 2.75) is 12.8 Å². The number of amides is 1. The van der Waals surface area contributed by atoms with Crippen molar-refractivity contribution in [3.8, 4) is 0 Å². The van der Waals surface area contributed by atoms with E-state index in [9.17, 15) is 13.2 Å². The maximum atomic E-state index is 12.1. The van der Waals surface area contributed by atoms with E-state index in [2.05, 4.69) is 15.3 Å². The first kappa shape index (κ1) is 15.4. The second kappa shape index (κ2) is 5.96. The fraction of sp³-hybridized carbons (Fsp3) is 0.267. The van der Waals surface area contributed by atoms with Gasteiger partial charge in [0.25, 0.3) is 5.91 Å². The zero-order chi connectivity index (χ0) is 16.4. The summed E-state index contributed by atoms with van der Waals surface area (Å²) in [6, 6.07) is 5.29. The number of nitrogens with zero attached hydrogens (tertiary/aromatic N) is 3. The molecule has 23 heavy (non-hydrogen) atoms. The largest absolute Gasteiger partial charge is 0.321 e. The maximum Gasteiger partial charge on any atom is 0.275 e. The number of hydrogen-bond acceptors (Lipinski definition) is 5. The number of fused-ring (bicyclic) bond motifs is 1. The minimum Gasteiger partial charge on any atom is -0.321 e. The molecule has 0 saturated carbocycles. The van der Waals surface area contributed by atoms with E-state index in [4.69, 9.17) is 0 Å². The molecule has 2 heterocycles. The lowest BCUT2D eigenvalue weighted by Crippen LogP contribution is -2.34. The minimum atomic E-state index is -3.34. The van der Waals surface area contributed by atoms with Gasteiger partial charge in [0, 0.05) is 24.6 Å². The summed E-state index contributed by atoms with van der Waals surface area (Å²) in [6.45, 7) is 0.452. The normalized spacial score (nSPS) is 14.2.